The molecule has 3 fully saturated rings. The maximum absolute atomic E-state index is 12.8. The van der Waals surface area contributed by atoms with E-state index < -0.39 is 0 Å². The van der Waals surface area contributed by atoms with Gasteiger partial charge in [0.1, 0.15) is 11.9 Å². The van der Waals surface area contributed by atoms with Gasteiger partial charge in [-0.15, -0.1) is 5.10 Å². The van der Waals surface area contributed by atoms with Crippen molar-refractivity contribution in [2.45, 2.75) is 77.4 Å². The van der Waals surface area contributed by atoms with Crippen LogP contribution in [-0.4, -0.2) is 73.9 Å². The summed E-state index contributed by atoms with van der Waals surface area (Å²) in [6.07, 6.45) is 5.41. The number of carbonyl (C=O) groups is 1. The average Bonchev–Trinajstić information content (AvgIpc) is 3.66. The summed E-state index contributed by atoms with van der Waals surface area (Å²) >= 11 is 0. The van der Waals surface area contributed by atoms with Crippen molar-refractivity contribution in [3.8, 4) is 5.75 Å². The smallest absolute Gasteiger partial charge is 0.253 e. The molecule has 4 heterocycles. The van der Waals surface area contributed by atoms with E-state index in [4.69, 9.17) is 4.74 Å². The lowest BCUT2D eigenvalue weighted by Crippen LogP contribution is -2.36. The van der Waals surface area contributed by atoms with Gasteiger partial charge in [-0.1, -0.05) is 12.1 Å². The molecule has 202 valence electrons. The summed E-state index contributed by atoms with van der Waals surface area (Å²) in [6, 6.07) is 9.02. The highest BCUT2D eigenvalue weighted by atomic mass is 16.5. The molecule has 0 radical (unpaired) electrons. The lowest BCUT2D eigenvalue weighted by molar-refractivity contribution is -0.135. The van der Waals surface area contributed by atoms with Gasteiger partial charge in [0.05, 0.1) is 24.0 Å². The van der Waals surface area contributed by atoms with E-state index >= 15 is 0 Å². The zero-order valence-corrected chi connectivity index (χ0v) is 22.6. The number of likely N-dealkylation sites (tertiary alicyclic amines) is 1. The predicted molar refractivity (Wildman–Crippen MR) is 145 cm³/mol. The highest BCUT2D eigenvalue weighted by Crippen LogP contribution is 2.38. The van der Waals surface area contributed by atoms with Gasteiger partial charge in [-0.3, -0.25) is 4.79 Å². The first kappa shape index (κ1) is 25.1. The third kappa shape index (κ3) is 4.84. The molecule has 0 spiro atoms. The number of aliphatic hydroxyl groups excluding tert-OH is 1. The Balaban J connectivity index is 1.04. The number of hydrogen-bond acceptors (Lipinski definition) is 7. The molecule has 1 aliphatic carbocycles. The molecule has 1 saturated carbocycles. The van der Waals surface area contributed by atoms with E-state index in [0.717, 1.165) is 62.3 Å². The van der Waals surface area contributed by atoms with E-state index in [0.29, 0.717) is 37.0 Å². The van der Waals surface area contributed by atoms with E-state index in [1.807, 2.05) is 25.7 Å². The number of carbonyl (C=O) groups excluding carboxylic acids is 1. The minimum absolute atomic E-state index is 0.0977. The van der Waals surface area contributed by atoms with Crippen LogP contribution in [0.2, 0.25) is 0 Å². The number of ether oxygens (including phenoxy) is 1. The first-order valence-corrected chi connectivity index (χ1v) is 14.0. The van der Waals surface area contributed by atoms with Crippen LogP contribution in [-0.2, 0) is 4.79 Å². The molecule has 9 nitrogen and oxygen atoms in total. The Hall–Kier alpha value is -3.20. The van der Waals surface area contributed by atoms with Crippen molar-refractivity contribution < 1.29 is 14.6 Å². The summed E-state index contributed by atoms with van der Waals surface area (Å²) < 4.78 is 8.23. The molecule has 3 aromatic rings. The minimum atomic E-state index is -0.343. The monoisotopic (exact) mass is 518 g/mol. The number of aromatic nitrogens is 4. The first-order valence-electron chi connectivity index (χ1n) is 14.0. The molecule has 2 aromatic heterocycles. The molecular weight excluding hydrogens is 480 g/mol. The molecule has 1 N–H and O–H groups in total. The van der Waals surface area contributed by atoms with Gasteiger partial charge in [0.25, 0.3) is 5.78 Å². The summed E-state index contributed by atoms with van der Waals surface area (Å²) in [5, 5.41) is 14.2. The van der Waals surface area contributed by atoms with Gasteiger partial charge < -0.3 is 19.6 Å². The van der Waals surface area contributed by atoms with Crippen molar-refractivity contribution in [1.29, 1.82) is 0 Å². The van der Waals surface area contributed by atoms with E-state index in [1.165, 1.54) is 11.3 Å². The second-order valence-corrected chi connectivity index (χ2v) is 11.3. The number of amides is 1. The molecule has 3 aliphatic rings. The summed E-state index contributed by atoms with van der Waals surface area (Å²) in [4.78, 5) is 26.0. The van der Waals surface area contributed by atoms with Crippen LogP contribution in [0.25, 0.3) is 5.78 Å². The van der Waals surface area contributed by atoms with Crippen molar-refractivity contribution in [1.82, 2.24) is 24.5 Å². The average molecular weight is 519 g/mol. The number of fused-ring (bicyclic) bond motifs is 1. The molecule has 38 heavy (non-hydrogen) atoms. The standard InChI is InChI=1S/C29H38N6O3/c1-18-27(19(2)35-29(30-18)31-20(3)32-35)38-26-13-15-33(17-26)24-10-8-22(9-11-24)21-4-6-23(7-5-21)28(37)34-14-12-25(36)16-34/h8-11,21,23,25-26,36H,4-7,12-17H2,1-3H3. The zero-order chi connectivity index (χ0) is 26.4. The van der Waals surface area contributed by atoms with Crippen LogP contribution in [0.3, 0.4) is 0 Å². The second kappa shape index (κ2) is 10.2. The van der Waals surface area contributed by atoms with Gasteiger partial charge in [0.2, 0.25) is 5.91 Å². The van der Waals surface area contributed by atoms with Gasteiger partial charge in [-0.2, -0.15) is 9.50 Å². The third-order valence-corrected chi connectivity index (χ3v) is 8.65. The van der Waals surface area contributed by atoms with Gasteiger partial charge in [0.15, 0.2) is 5.75 Å². The van der Waals surface area contributed by atoms with E-state index in [-0.39, 0.29) is 24.0 Å². The van der Waals surface area contributed by atoms with Crippen LogP contribution in [0, 0.1) is 26.7 Å². The Labute approximate surface area is 223 Å². The Morgan fingerprint density at radius 1 is 0.947 bits per heavy atom. The van der Waals surface area contributed by atoms with E-state index in [9.17, 15) is 9.90 Å². The highest BCUT2D eigenvalue weighted by molar-refractivity contribution is 5.79. The predicted octanol–water partition coefficient (Wildman–Crippen LogP) is 3.57. The lowest BCUT2D eigenvalue weighted by Gasteiger charge is -2.31. The van der Waals surface area contributed by atoms with Crippen LogP contribution in [0.5, 0.6) is 5.75 Å². The minimum Gasteiger partial charge on any atom is -0.485 e. The van der Waals surface area contributed by atoms with Crippen LogP contribution in [0.15, 0.2) is 24.3 Å². The van der Waals surface area contributed by atoms with Crippen molar-refractivity contribution in [2.24, 2.45) is 5.92 Å². The zero-order valence-electron chi connectivity index (χ0n) is 22.6. The Morgan fingerprint density at radius 3 is 2.42 bits per heavy atom. The number of rotatable bonds is 5. The largest absolute Gasteiger partial charge is 0.485 e. The van der Waals surface area contributed by atoms with Gasteiger partial charge >= 0.3 is 0 Å². The lowest BCUT2D eigenvalue weighted by atomic mass is 9.78. The fraction of sp³-hybridized carbons (Fsp3) is 0.586. The molecule has 2 atom stereocenters. The second-order valence-electron chi connectivity index (χ2n) is 11.3. The summed E-state index contributed by atoms with van der Waals surface area (Å²) in [5.74, 6) is 3.01. The highest BCUT2D eigenvalue weighted by Gasteiger charge is 2.33. The van der Waals surface area contributed by atoms with Crippen molar-refractivity contribution >= 4 is 17.4 Å². The summed E-state index contributed by atoms with van der Waals surface area (Å²) in [7, 11) is 0. The van der Waals surface area contributed by atoms with Crippen LogP contribution in [0.1, 0.15) is 67.2 Å². The van der Waals surface area contributed by atoms with Gasteiger partial charge in [-0.25, -0.2) is 4.98 Å². The SMILES string of the molecule is Cc1nc2nc(C)c(OC3CCN(c4ccc(C5CCC(C(=O)N6CCC(O)C6)CC5)cc4)C3)c(C)n2n1. The normalized spacial score (nSPS) is 25.9. The number of aryl methyl sites for hydroxylation is 3. The Kier molecular flexibility index (Phi) is 6.72. The van der Waals surface area contributed by atoms with Crippen LogP contribution in [0.4, 0.5) is 5.69 Å². The molecule has 1 aromatic carbocycles. The summed E-state index contributed by atoms with van der Waals surface area (Å²) in [5.41, 5.74) is 4.38. The summed E-state index contributed by atoms with van der Waals surface area (Å²) in [6.45, 7) is 8.86. The maximum Gasteiger partial charge on any atom is 0.253 e. The van der Waals surface area contributed by atoms with Crippen molar-refractivity contribution in [3.05, 3.63) is 47.0 Å². The fourth-order valence-electron chi connectivity index (χ4n) is 6.49. The number of nitrogens with zero attached hydrogens (tertiary/aromatic N) is 6. The van der Waals surface area contributed by atoms with Gasteiger partial charge in [0, 0.05) is 37.7 Å². The number of aliphatic hydroxyl groups is 1. The molecule has 2 saturated heterocycles. The number of anilines is 1. The van der Waals surface area contributed by atoms with Crippen molar-refractivity contribution in [2.75, 3.05) is 31.1 Å². The van der Waals surface area contributed by atoms with Crippen molar-refractivity contribution in [3.63, 3.8) is 0 Å². The molecular formula is C29H38N6O3. The molecule has 6 rings (SSSR count). The molecule has 2 aliphatic heterocycles. The number of β-amino-alcohol motifs (C(OH)–C–C–N with tert-alkyl or cyclic N) is 1. The maximum atomic E-state index is 12.8. The fourth-order valence-corrected chi connectivity index (χ4v) is 6.49. The van der Waals surface area contributed by atoms with Crippen LogP contribution < -0.4 is 9.64 Å². The number of hydrogen-bond donors (Lipinski definition) is 1. The van der Waals surface area contributed by atoms with Gasteiger partial charge in [-0.05, 0) is 76.5 Å². The quantitative estimate of drug-likeness (QED) is 0.552. The number of benzene rings is 1. The molecule has 0 bridgehead atoms. The van der Waals surface area contributed by atoms with Crippen LogP contribution >= 0.6 is 0 Å². The molecule has 2 unspecified atom stereocenters. The topological polar surface area (TPSA) is 96.1 Å². The van der Waals surface area contributed by atoms with E-state index in [2.05, 4.69) is 44.2 Å². The van der Waals surface area contributed by atoms with E-state index in [1.54, 1.807) is 4.52 Å². The Bertz CT molecular complexity index is 1310. The first-order chi connectivity index (χ1) is 18.4. The third-order valence-electron chi connectivity index (χ3n) is 8.65. The molecule has 9 heteroatoms. The Morgan fingerprint density at radius 2 is 1.71 bits per heavy atom. The molecule has 1 amide bonds.